The van der Waals surface area contributed by atoms with E-state index in [1.807, 2.05) is 6.07 Å². The fourth-order valence-corrected chi connectivity index (χ4v) is 1.97. The second kappa shape index (κ2) is 6.80. The summed E-state index contributed by atoms with van der Waals surface area (Å²) in [7, 11) is 0. The topological polar surface area (TPSA) is 63.8 Å². The smallest absolute Gasteiger partial charge is 0.158 e. The molecule has 0 aliphatic carbocycles. The molecule has 0 aliphatic rings. The number of thiocarbonyl (C=S) groups is 1. The molecule has 0 fully saturated rings. The van der Waals surface area contributed by atoms with E-state index in [9.17, 15) is 0 Å². The fraction of sp³-hybridized carbons (Fsp3) is 0.214. The Hall–Kier alpha value is -2.01. The Morgan fingerprint density at radius 1 is 1.21 bits per heavy atom. The van der Waals surface area contributed by atoms with Gasteiger partial charge in [-0.25, -0.2) is 0 Å². The van der Waals surface area contributed by atoms with Gasteiger partial charge in [0.2, 0.25) is 0 Å². The van der Waals surface area contributed by atoms with Gasteiger partial charge in [0, 0.05) is 6.54 Å². The molecule has 0 spiro atoms. The molecule has 1 aromatic heterocycles. The predicted octanol–water partition coefficient (Wildman–Crippen LogP) is 2.16. The maximum atomic E-state index is 5.63. The molecule has 19 heavy (non-hydrogen) atoms. The molecule has 2 aromatic rings. The Balaban J connectivity index is 1.85. The first-order valence-electron chi connectivity index (χ1n) is 6.16. The molecular weight excluding hydrogens is 256 g/mol. The summed E-state index contributed by atoms with van der Waals surface area (Å²) in [5.41, 5.74) is 7.71. The van der Waals surface area contributed by atoms with E-state index in [2.05, 4.69) is 39.8 Å². The van der Waals surface area contributed by atoms with Crippen molar-refractivity contribution >= 4 is 23.0 Å². The van der Waals surface area contributed by atoms with Crippen LogP contribution in [0.4, 0.5) is 5.82 Å². The minimum Gasteiger partial charge on any atom is -0.389 e. The lowest BCUT2D eigenvalue weighted by Crippen LogP contribution is -2.15. The second-order valence-corrected chi connectivity index (χ2v) is 4.61. The minimum atomic E-state index is 0.334. The molecule has 1 aromatic carbocycles. The zero-order chi connectivity index (χ0) is 13.5. The van der Waals surface area contributed by atoms with Gasteiger partial charge in [-0.3, -0.25) is 0 Å². The Labute approximate surface area is 118 Å². The van der Waals surface area contributed by atoms with E-state index in [1.165, 1.54) is 5.56 Å². The van der Waals surface area contributed by atoms with Crippen molar-refractivity contribution in [3.05, 3.63) is 53.7 Å². The maximum Gasteiger partial charge on any atom is 0.158 e. The first-order valence-corrected chi connectivity index (χ1v) is 6.57. The van der Waals surface area contributed by atoms with Crippen LogP contribution in [0.25, 0.3) is 0 Å². The zero-order valence-electron chi connectivity index (χ0n) is 10.5. The number of aryl methyl sites for hydroxylation is 1. The molecule has 1 heterocycles. The van der Waals surface area contributed by atoms with Gasteiger partial charge in [0.15, 0.2) is 5.82 Å². The largest absolute Gasteiger partial charge is 0.389 e. The van der Waals surface area contributed by atoms with Gasteiger partial charge in [-0.2, -0.15) is 5.10 Å². The average molecular weight is 272 g/mol. The first-order chi connectivity index (χ1) is 9.27. The van der Waals surface area contributed by atoms with Crippen molar-refractivity contribution < 1.29 is 0 Å². The van der Waals surface area contributed by atoms with Crippen LogP contribution in [0.1, 0.15) is 17.5 Å². The number of benzene rings is 1. The first kappa shape index (κ1) is 13.4. The highest BCUT2D eigenvalue weighted by Crippen LogP contribution is 2.10. The molecule has 0 bridgehead atoms. The predicted molar refractivity (Wildman–Crippen MR) is 81.2 cm³/mol. The Bertz CT molecular complexity index is 542. The van der Waals surface area contributed by atoms with E-state index in [-0.39, 0.29) is 0 Å². The lowest BCUT2D eigenvalue weighted by Gasteiger charge is -2.08. The highest BCUT2D eigenvalue weighted by atomic mass is 32.1. The van der Waals surface area contributed by atoms with Gasteiger partial charge in [-0.05, 0) is 24.5 Å². The second-order valence-electron chi connectivity index (χ2n) is 4.17. The van der Waals surface area contributed by atoms with E-state index in [1.54, 1.807) is 12.3 Å². The summed E-state index contributed by atoms with van der Waals surface area (Å²) in [4.78, 5) is 0.334. The number of anilines is 1. The van der Waals surface area contributed by atoms with Crippen molar-refractivity contribution in [2.75, 3.05) is 11.9 Å². The average Bonchev–Trinajstić information content (AvgIpc) is 2.45. The van der Waals surface area contributed by atoms with Gasteiger partial charge in [-0.15, -0.1) is 5.10 Å². The van der Waals surface area contributed by atoms with Crippen LogP contribution in [-0.2, 0) is 6.42 Å². The Morgan fingerprint density at radius 3 is 2.74 bits per heavy atom. The Morgan fingerprint density at radius 2 is 2.00 bits per heavy atom. The lowest BCUT2D eigenvalue weighted by molar-refractivity contribution is 0.852. The van der Waals surface area contributed by atoms with Crippen LogP contribution in [0, 0.1) is 0 Å². The number of nitrogens with one attached hydrogen (secondary N) is 1. The maximum absolute atomic E-state index is 5.63. The van der Waals surface area contributed by atoms with Crippen molar-refractivity contribution in [3.63, 3.8) is 0 Å². The zero-order valence-corrected chi connectivity index (χ0v) is 11.4. The highest BCUT2D eigenvalue weighted by molar-refractivity contribution is 7.80. The number of rotatable bonds is 6. The molecule has 0 saturated heterocycles. The third kappa shape index (κ3) is 3.99. The molecule has 5 heteroatoms. The van der Waals surface area contributed by atoms with Crippen molar-refractivity contribution in [1.82, 2.24) is 10.2 Å². The van der Waals surface area contributed by atoms with Crippen LogP contribution in [0.2, 0.25) is 0 Å². The van der Waals surface area contributed by atoms with Crippen LogP contribution in [0.5, 0.6) is 0 Å². The molecule has 0 saturated carbocycles. The number of hydrogen-bond acceptors (Lipinski definition) is 4. The molecule has 2 rings (SSSR count). The summed E-state index contributed by atoms with van der Waals surface area (Å²) in [6, 6.07) is 12.2. The third-order valence-corrected chi connectivity index (χ3v) is 2.98. The van der Waals surface area contributed by atoms with Gasteiger partial charge < -0.3 is 11.1 Å². The van der Waals surface area contributed by atoms with Gasteiger partial charge in [0.25, 0.3) is 0 Å². The molecule has 3 N–H and O–H groups in total. The van der Waals surface area contributed by atoms with Crippen molar-refractivity contribution in [2.24, 2.45) is 5.73 Å². The third-order valence-electron chi connectivity index (χ3n) is 2.76. The van der Waals surface area contributed by atoms with E-state index < -0.39 is 0 Å². The molecule has 0 unspecified atom stereocenters. The summed E-state index contributed by atoms with van der Waals surface area (Å²) >= 11 is 4.97. The van der Waals surface area contributed by atoms with Crippen molar-refractivity contribution in [2.45, 2.75) is 12.8 Å². The van der Waals surface area contributed by atoms with Crippen LogP contribution < -0.4 is 11.1 Å². The minimum absolute atomic E-state index is 0.334. The van der Waals surface area contributed by atoms with Gasteiger partial charge in [-0.1, -0.05) is 42.5 Å². The molecular formula is C14H16N4S. The van der Waals surface area contributed by atoms with Crippen LogP contribution in [0.3, 0.4) is 0 Å². The molecule has 0 amide bonds. The van der Waals surface area contributed by atoms with E-state index in [0.717, 1.165) is 24.9 Å². The SMILES string of the molecule is NC(=S)c1ccnnc1NCCCc1ccccc1. The van der Waals surface area contributed by atoms with Gasteiger partial charge >= 0.3 is 0 Å². The van der Waals surface area contributed by atoms with E-state index >= 15 is 0 Å². The van der Waals surface area contributed by atoms with Crippen molar-refractivity contribution in [1.29, 1.82) is 0 Å². The molecule has 0 aliphatic heterocycles. The number of aromatic nitrogens is 2. The summed E-state index contributed by atoms with van der Waals surface area (Å²) < 4.78 is 0. The van der Waals surface area contributed by atoms with Crippen LogP contribution >= 0.6 is 12.2 Å². The standard InChI is InChI=1S/C14H16N4S/c15-13(19)12-8-10-17-18-14(12)16-9-4-7-11-5-2-1-3-6-11/h1-3,5-6,8,10H,4,7,9H2,(H2,15,19)(H,16,18). The Kier molecular flexibility index (Phi) is 4.80. The van der Waals surface area contributed by atoms with Crippen LogP contribution in [0.15, 0.2) is 42.6 Å². The number of nitrogens with two attached hydrogens (primary N) is 1. The summed E-state index contributed by atoms with van der Waals surface area (Å²) in [5, 5.41) is 11.1. The summed E-state index contributed by atoms with van der Waals surface area (Å²) in [6.07, 6.45) is 3.62. The fourth-order valence-electron chi connectivity index (χ4n) is 1.81. The normalized spacial score (nSPS) is 10.1. The number of hydrogen-bond donors (Lipinski definition) is 2. The summed E-state index contributed by atoms with van der Waals surface area (Å²) in [6.45, 7) is 0.809. The quantitative estimate of drug-likeness (QED) is 0.623. The molecule has 98 valence electrons. The lowest BCUT2D eigenvalue weighted by atomic mass is 10.1. The van der Waals surface area contributed by atoms with E-state index in [0.29, 0.717) is 10.8 Å². The summed E-state index contributed by atoms with van der Waals surface area (Å²) in [5.74, 6) is 0.656. The van der Waals surface area contributed by atoms with Gasteiger partial charge in [0.05, 0.1) is 11.8 Å². The molecule has 0 radical (unpaired) electrons. The molecule has 0 atom stereocenters. The van der Waals surface area contributed by atoms with E-state index in [4.69, 9.17) is 18.0 Å². The van der Waals surface area contributed by atoms with Gasteiger partial charge in [0.1, 0.15) is 4.99 Å². The highest BCUT2D eigenvalue weighted by Gasteiger charge is 2.05. The monoisotopic (exact) mass is 272 g/mol. The molecule has 4 nitrogen and oxygen atoms in total. The van der Waals surface area contributed by atoms with Crippen molar-refractivity contribution in [3.8, 4) is 0 Å². The van der Waals surface area contributed by atoms with Crippen LogP contribution in [-0.4, -0.2) is 21.7 Å². The number of nitrogens with zero attached hydrogens (tertiary/aromatic N) is 2.